The van der Waals surface area contributed by atoms with E-state index in [1.165, 1.54) is 6.07 Å². The Kier molecular flexibility index (Phi) is 6.93. The summed E-state index contributed by atoms with van der Waals surface area (Å²) >= 11 is 0. The van der Waals surface area contributed by atoms with Crippen molar-refractivity contribution in [2.24, 2.45) is 5.10 Å². The lowest BCUT2D eigenvalue weighted by atomic mass is 10.1. The number of amides is 2. The molecular formula is C20H23N3O4. The second kappa shape index (κ2) is 9.38. The van der Waals surface area contributed by atoms with Crippen molar-refractivity contribution in [2.45, 2.75) is 26.8 Å². The smallest absolute Gasteiger partial charge is 0.275 e. The molecular weight excluding hydrogens is 346 g/mol. The molecule has 7 nitrogen and oxygen atoms in total. The number of phenolic OH excluding ortho intramolecular Hbond substituents is 1. The Morgan fingerprint density at radius 3 is 2.63 bits per heavy atom. The zero-order valence-electron chi connectivity index (χ0n) is 15.6. The van der Waals surface area contributed by atoms with Crippen LogP contribution in [0, 0.1) is 6.92 Å². The molecule has 0 unspecified atom stereocenters. The number of hydrazone groups is 1. The number of nitrogens with zero attached hydrogens (tertiary/aromatic N) is 1. The van der Waals surface area contributed by atoms with Crippen molar-refractivity contribution in [1.29, 1.82) is 0 Å². The van der Waals surface area contributed by atoms with Crippen LogP contribution < -0.4 is 15.5 Å². The lowest BCUT2D eigenvalue weighted by Gasteiger charge is -2.09. The highest BCUT2D eigenvalue weighted by Gasteiger charge is 2.12. The molecule has 0 heterocycles. The lowest BCUT2D eigenvalue weighted by Crippen LogP contribution is -2.26. The van der Waals surface area contributed by atoms with E-state index in [0.29, 0.717) is 23.6 Å². The van der Waals surface area contributed by atoms with Gasteiger partial charge >= 0.3 is 0 Å². The van der Waals surface area contributed by atoms with Crippen molar-refractivity contribution in [1.82, 2.24) is 10.7 Å². The summed E-state index contributed by atoms with van der Waals surface area (Å²) in [5, 5.41) is 16.6. The topological polar surface area (TPSA) is 100 Å². The summed E-state index contributed by atoms with van der Waals surface area (Å²) in [5.74, 6) is -0.148. The van der Waals surface area contributed by atoms with Gasteiger partial charge in [0.2, 0.25) is 5.91 Å². The molecule has 3 N–H and O–H groups in total. The summed E-state index contributed by atoms with van der Waals surface area (Å²) in [6.45, 7) is 3.67. The highest BCUT2D eigenvalue weighted by molar-refractivity contribution is 6.01. The number of nitrogens with one attached hydrogen (secondary N) is 2. The minimum Gasteiger partial charge on any atom is -0.507 e. The van der Waals surface area contributed by atoms with Crippen LogP contribution in [0.2, 0.25) is 0 Å². The van der Waals surface area contributed by atoms with E-state index in [1.807, 2.05) is 24.3 Å². The van der Waals surface area contributed by atoms with Gasteiger partial charge in [0.1, 0.15) is 11.5 Å². The third kappa shape index (κ3) is 5.57. The molecule has 0 saturated heterocycles. The SMILES string of the molecule is COc1ccccc1CNC(=O)C/C(C)=N/NC(=O)c1cccc(C)c1O. The summed E-state index contributed by atoms with van der Waals surface area (Å²) in [5.41, 5.74) is 4.39. The number of hydrogen-bond donors (Lipinski definition) is 3. The summed E-state index contributed by atoms with van der Waals surface area (Å²) < 4.78 is 5.24. The molecule has 2 rings (SSSR count). The van der Waals surface area contributed by atoms with Crippen molar-refractivity contribution in [2.75, 3.05) is 7.11 Å². The number of phenols is 1. The van der Waals surface area contributed by atoms with Gasteiger partial charge in [-0.25, -0.2) is 5.43 Å². The zero-order chi connectivity index (χ0) is 19.8. The van der Waals surface area contributed by atoms with Crippen LogP contribution in [0.5, 0.6) is 11.5 Å². The van der Waals surface area contributed by atoms with E-state index in [2.05, 4.69) is 15.8 Å². The van der Waals surface area contributed by atoms with Gasteiger partial charge < -0.3 is 15.2 Å². The summed E-state index contributed by atoms with van der Waals surface area (Å²) in [6.07, 6.45) is 0.0369. The number of benzene rings is 2. The molecule has 142 valence electrons. The maximum atomic E-state index is 12.1. The average molecular weight is 369 g/mol. The van der Waals surface area contributed by atoms with E-state index in [-0.39, 0.29) is 23.6 Å². The molecule has 0 saturated carbocycles. The van der Waals surface area contributed by atoms with Crippen molar-refractivity contribution < 1.29 is 19.4 Å². The van der Waals surface area contributed by atoms with Crippen molar-refractivity contribution in [3.8, 4) is 11.5 Å². The molecule has 0 aromatic heterocycles. The van der Waals surface area contributed by atoms with Crippen LogP contribution in [0.4, 0.5) is 0 Å². The molecule has 7 heteroatoms. The fourth-order valence-corrected chi connectivity index (χ4v) is 2.43. The highest BCUT2D eigenvalue weighted by Crippen LogP contribution is 2.21. The molecule has 0 aliphatic heterocycles. The first-order valence-corrected chi connectivity index (χ1v) is 8.43. The predicted octanol–water partition coefficient (Wildman–Crippen LogP) is 2.52. The Labute approximate surface area is 158 Å². The maximum Gasteiger partial charge on any atom is 0.275 e. The van der Waals surface area contributed by atoms with Crippen molar-refractivity contribution in [3.05, 3.63) is 59.2 Å². The highest BCUT2D eigenvalue weighted by atomic mass is 16.5. The monoisotopic (exact) mass is 369 g/mol. The summed E-state index contributed by atoms with van der Waals surface area (Å²) in [4.78, 5) is 24.2. The number of rotatable bonds is 7. The van der Waals surface area contributed by atoms with Crippen LogP contribution in [0.25, 0.3) is 0 Å². The van der Waals surface area contributed by atoms with E-state index in [0.717, 1.165) is 5.56 Å². The lowest BCUT2D eigenvalue weighted by molar-refractivity contribution is -0.120. The molecule has 0 spiro atoms. The quantitative estimate of drug-likeness (QED) is 0.516. The number of carbonyl (C=O) groups is 2. The number of para-hydroxylation sites is 2. The van der Waals surface area contributed by atoms with Gasteiger partial charge in [0.05, 0.1) is 19.1 Å². The zero-order valence-corrected chi connectivity index (χ0v) is 15.6. The third-order valence-electron chi connectivity index (χ3n) is 3.92. The third-order valence-corrected chi connectivity index (χ3v) is 3.92. The van der Waals surface area contributed by atoms with Crippen molar-refractivity contribution in [3.63, 3.8) is 0 Å². The number of carbonyl (C=O) groups excluding carboxylic acids is 2. The number of hydrogen-bond acceptors (Lipinski definition) is 5. The van der Waals surface area contributed by atoms with Crippen LogP contribution in [0.15, 0.2) is 47.6 Å². The molecule has 27 heavy (non-hydrogen) atoms. The Morgan fingerprint density at radius 2 is 1.89 bits per heavy atom. The molecule has 2 amide bonds. The van der Waals surface area contributed by atoms with Gasteiger partial charge in [0.25, 0.3) is 5.91 Å². The minimum atomic E-state index is -0.537. The molecule has 0 aliphatic rings. The van der Waals surface area contributed by atoms with Gasteiger partial charge in [0.15, 0.2) is 0 Å². The number of aryl methyl sites for hydroxylation is 1. The largest absolute Gasteiger partial charge is 0.507 e. The number of ether oxygens (including phenoxy) is 1. The molecule has 0 fully saturated rings. The maximum absolute atomic E-state index is 12.1. The second-order valence-electron chi connectivity index (χ2n) is 6.02. The number of aromatic hydroxyl groups is 1. The Balaban J connectivity index is 1.88. The fraction of sp³-hybridized carbons (Fsp3) is 0.250. The molecule has 0 atom stereocenters. The van der Waals surface area contributed by atoms with Gasteiger partial charge in [-0.1, -0.05) is 30.3 Å². The van der Waals surface area contributed by atoms with E-state index in [1.54, 1.807) is 33.1 Å². The Morgan fingerprint density at radius 1 is 1.15 bits per heavy atom. The standard InChI is InChI=1S/C20H23N3O4/c1-13-7-6-9-16(19(13)25)20(26)23-22-14(2)11-18(24)21-12-15-8-4-5-10-17(15)27-3/h4-10,25H,11-12H2,1-3H3,(H,21,24)(H,23,26)/b22-14+. The van der Waals surface area contributed by atoms with Crippen molar-refractivity contribution >= 4 is 17.5 Å². The van der Waals surface area contributed by atoms with Crippen LogP contribution in [-0.2, 0) is 11.3 Å². The average Bonchev–Trinajstić information content (AvgIpc) is 2.66. The molecule has 2 aromatic carbocycles. The van der Waals surface area contributed by atoms with Crippen LogP contribution in [0.1, 0.15) is 34.8 Å². The van der Waals surface area contributed by atoms with Gasteiger partial charge in [-0.15, -0.1) is 0 Å². The Bertz CT molecular complexity index is 862. The van der Waals surface area contributed by atoms with E-state index in [4.69, 9.17) is 4.74 Å². The van der Waals surface area contributed by atoms with Crippen LogP contribution in [0.3, 0.4) is 0 Å². The first kappa shape index (κ1) is 20.0. The van der Waals surface area contributed by atoms with E-state index in [9.17, 15) is 14.7 Å². The molecule has 0 radical (unpaired) electrons. The number of methoxy groups -OCH3 is 1. The van der Waals surface area contributed by atoms with E-state index >= 15 is 0 Å². The minimum absolute atomic E-state index is 0.0369. The molecule has 0 bridgehead atoms. The van der Waals surface area contributed by atoms with Gasteiger partial charge in [0, 0.05) is 17.8 Å². The van der Waals surface area contributed by atoms with Gasteiger partial charge in [-0.05, 0) is 31.5 Å². The van der Waals surface area contributed by atoms with Crippen LogP contribution >= 0.6 is 0 Å². The molecule has 2 aromatic rings. The summed E-state index contributed by atoms with van der Waals surface area (Å²) in [7, 11) is 1.58. The molecule has 0 aliphatic carbocycles. The van der Waals surface area contributed by atoms with Gasteiger partial charge in [-0.2, -0.15) is 5.10 Å². The second-order valence-corrected chi connectivity index (χ2v) is 6.02. The first-order valence-electron chi connectivity index (χ1n) is 8.43. The van der Waals surface area contributed by atoms with E-state index < -0.39 is 5.91 Å². The first-order chi connectivity index (χ1) is 12.9. The summed E-state index contributed by atoms with van der Waals surface area (Å²) in [6, 6.07) is 12.3. The predicted molar refractivity (Wildman–Crippen MR) is 103 cm³/mol. The van der Waals surface area contributed by atoms with Gasteiger partial charge in [-0.3, -0.25) is 9.59 Å². The van der Waals surface area contributed by atoms with Crippen LogP contribution in [-0.4, -0.2) is 29.7 Å². The fourth-order valence-electron chi connectivity index (χ4n) is 2.43. The normalized spacial score (nSPS) is 11.0. The Hall–Kier alpha value is -3.35.